The molecule has 0 saturated carbocycles. The van der Waals surface area contributed by atoms with Crippen molar-refractivity contribution in [2.24, 2.45) is 11.1 Å². The summed E-state index contributed by atoms with van der Waals surface area (Å²) in [4.78, 5) is 0. The van der Waals surface area contributed by atoms with Crippen molar-refractivity contribution in [1.82, 2.24) is 0 Å². The number of anilines is 1. The van der Waals surface area contributed by atoms with Crippen molar-refractivity contribution in [2.45, 2.75) is 33.6 Å². The zero-order valence-corrected chi connectivity index (χ0v) is 13.0. The van der Waals surface area contributed by atoms with E-state index in [1.54, 1.807) is 24.3 Å². The molecule has 0 heterocycles. The highest BCUT2D eigenvalue weighted by atomic mass is 32.2. The van der Waals surface area contributed by atoms with Crippen LogP contribution >= 0.6 is 0 Å². The van der Waals surface area contributed by atoms with Crippen molar-refractivity contribution in [2.75, 3.05) is 10.5 Å². The molecule has 0 saturated heterocycles. The normalized spacial score (nSPS) is 12.2. The standard InChI is InChI=1S/C14H23N3O2S/c1-14(2,3)8-9-20(18,19)17-12-6-4-11(5-7-12)10-13(15)16/h4-7,17H,8-10H2,1-3H3,(H3,15,16). The summed E-state index contributed by atoms with van der Waals surface area (Å²) in [6.07, 6.45) is 0.974. The summed E-state index contributed by atoms with van der Waals surface area (Å²) in [5.74, 6) is 0.189. The van der Waals surface area contributed by atoms with Gasteiger partial charge >= 0.3 is 0 Å². The van der Waals surface area contributed by atoms with Gasteiger partial charge in [-0.05, 0) is 29.5 Å². The highest BCUT2D eigenvalue weighted by molar-refractivity contribution is 7.92. The van der Waals surface area contributed by atoms with Gasteiger partial charge in [-0.2, -0.15) is 0 Å². The molecule has 4 N–H and O–H groups in total. The van der Waals surface area contributed by atoms with E-state index in [1.807, 2.05) is 20.8 Å². The van der Waals surface area contributed by atoms with Crippen molar-refractivity contribution in [3.05, 3.63) is 29.8 Å². The van der Waals surface area contributed by atoms with Gasteiger partial charge in [-0.25, -0.2) is 8.42 Å². The Morgan fingerprint density at radius 3 is 2.25 bits per heavy atom. The minimum atomic E-state index is -3.32. The van der Waals surface area contributed by atoms with Crippen LogP contribution in [0.4, 0.5) is 5.69 Å². The Bertz CT molecular complexity index is 557. The average molecular weight is 297 g/mol. The smallest absolute Gasteiger partial charge is 0.232 e. The van der Waals surface area contributed by atoms with E-state index in [0.717, 1.165) is 5.56 Å². The molecule has 0 unspecified atom stereocenters. The molecule has 0 aliphatic rings. The zero-order chi connectivity index (χ0) is 15.4. The molecule has 0 radical (unpaired) electrons. The van der Waals surface area contributed by atoms with Crippen molar-refractivity contribution < 1.29 is 8.42 Å². The third-order valence-corrected chi connectivity index (χ3v) is 4.03. The van der Waals surface area contributed by atoms with Crippen LogP contribution in [0.2, 0.25) is 0 Å². The molecule has 20 heavy (non-hydrogen) atoms. The predicted octanol–water partition coefficient (Wildman–Crippen LogP) is 2.34. The monoisotopic (exact) mass is 297 g/mol. The minimum absolute atomic E-state index is 0.0138. The fraction of sp³-hybridized carbons (Fsp3) is 0.500. The Hall–Kier alpha value is -1.56. The van der Waals surface area contributed by atoms with Crippen molar-refractivity contribution >= 4 is 21.5 Å². The second-order valence-electron chi connectivity index (χ2n) is 6.13. The van der Waals surface area contributed by atoms with Gasteiger partial charge in [0.25, 0.3) is 0 Å². The number of benzene rings is 1. The van der Waals surface area contributed by atoms with Gasteiger partial charge in [-0.1, -0.05) is 32.9 Å². The summed E-state index contributed by atoms with van der Waals surface area (Å²) in [6, 6.07) is 6.91. The lowest BCUT2D eigenvalue weighted by atomic mass is 9.94. The first kappa shape index (κ1) is 16.5. The first-order chi connectivity index (χ1) is 9.07. The van der Waals surface area contributed by atoms with Crippen molar-refractivity contribution in [3.8, 4) is 0 Å². The van der Waals surface area contributed by atoms with Crippen LogP contribution in [0.1, 0.15) is 32.8 Å². The molecule has 0 aliphatic carbocycles. The van der Waals surface area contributed by atoms with E-state index < -0.39 is 10.0 Å². The number of hydrogen-bond donors (Lipinski definition) is 3. The van der Waals surface area contributed by atoms with Gasteiger partial charge in [0.2, 0.25) is 10.0 Å². The summed E-state index contributed by atoms with van der Waals surface area (Å²) in [6.45, 7) is 6.04. The number of sulfonamides is 1. The highest BCUT2D eigenvalue weighted by Crippen LogP contribution is 2.20. The molecular formula is C14H23N3O2S. The van der Waals surface area contributed by atoms with Crippen molar-refractivity contribution in [1.29, 1.82) is 5.41 Å². The third-order valence-electron chi connectivity index (χ3n) is 2.74. The average Bonchev–Trinajstić information content (AvgIpc) is 2.28. The first-order valence-electron chi connectivity index (χ1n) is 6.50. The van der Waals surface area contributed by atoms with Crippen LogP contribution in [0.15, 0.2) is 24.3 Å². The maximum Gasteiger partial charge on any atom is 0.232 e. The number of nitrogens with one attached hydrogen (secondary N) is 2. The van der Waals surface area contributed by atoms with E-state index in [9.17, 15) is 8.42 Å². The Balaban J connectivity index is 2.66. The van der Waals surface area contributed by atoms with E-state index in [1.165, 1.54) is 0 Å². The molecule has 1 aromatic rings. The Labute approximate surface area is 121 Å². The van der Waals surface area contributed by atoms with Crippen LogP contribution in [-0.2, 0) is 16.4 Å². The molecular weight excluding hydrogens is 274 g/mol. The predicted molar refractivity (Wildman–Crippen MR) is 83.5 cm³/mol. The third kappa shape index (κ3) is 6.56. The van der Waals surface area contributed by atoms with E-state index in [-0.39, 0.29) is 17.0 Å². The lowest BCUT2D eigenvalue weighted by Gasteiger charge is -2.18. The highest BCUT2D eigenvalue weighted by Gasteiger charge is 2.17. The minimum Gasteiger partial charge on any atom is -0.387 e. The summed E-state index contributed by atoms with van der Waals surface area (Å²) in [5.41, 5.74) is 6.72. The van der Waals surface area contributed by atoms with Crippen LogP contribution in [-0.4, -0.2) is 20.0 Å². The number of amidine groups is 1. The molecule has 0 amide bonds. The van der Waals surface area contributed by atoms with Gasteiger partial charge in [0.15, 0.2) is 0 Å². The molecule has 0 bridgehead atoms. The quantitative estimate of drug-likeness (QED) is 0.555. The first-order valence-corrected chi connectivity index (χ1v) is 8.15. The molecule has 0 spiro atoms. The van der Waals surface area contributed by atoms with Crippen LogP contribution < -0.4 is 10.5 Å². The van der Waals surface area contributed by atoms with Gasteiger partial charge < -0.3 is 5.73 Å². The maximum absolute atomic E-state index is 11.9. The Morgan fingerprint density at radius 1 is 1.25 bits per heavy atom. The Morgan fingerprint density at radius 2 is 1.80 bits per heavy atom. The molecule has 0 aromatic heterocycles. The summed E-state index contributed by atoms with van der Waals surface area (Å²) in [5, 5.41) is 7.21. The summed E-state index contributed by atoms with van der Waals surface area (Å²) in [7, 11) is -3.32. The zero-order valence-electron chi connectivity index (χ0n) is 12.2. The summed E-state index contributed by atoms with van der Waals surface area (Å²) >= 11 is 0. The van der Waals surface area contributed by atoms with Gasteiger partial charge in [-0.3, -0.25) is 10.1 Å². The van der Waals surface area contributed by atoms with Crippen LogP contribution in [0.3, 0.4) is 0 Å². The van der Waals surface area contributed by atoms with E-state index >= 15 is 0 Å². The van der Waals surface area contributed by atoms with E-state index in [4.69, 9.17) is 11.1 Å². The number of nitrogens with two attached hydrogens (primary N) is 1. The molecule has 112 valence electrons. The van der Waals surface area contributed by atoms with Gasteiger partial charge in [0, 0.05) is 12.1 Å². The van der Waals surface area contributed by atoms with E-state index in [2.05, 4.69) is 4.72 Å². The van der Waals surface area contributed by atoms with Gasteiger partial charge in [-0.15, -0.1) is 0 Å². The fourth-order valence-corrected chi connectivity index (χ4v) is 3.06. The molecule has 0 fully saturated rings. The lowest BCUT2D eigenvalue weighted by molar-refractivity contribution is 0.397. The molecule has 0 atom stereocenters. The molecule has 6 heteroatoms. The molecule has 1 aromatic carbocycles. The number of rotatable bonds is 6. The second-order valence-corrected chi connectivity index (χ2v) is 7.97. The molecule has 1 rings (SSSR count). The topological polar surface area (TPSA) is 96.0 Å². The SMILES string of the molecule is CC(C)(C)CCS(=O)(=O)Nc1ccc(CC(=N)N)cc1. The van der Waals surface area contributed by atoms with Crippen LogP contribution in [0.25, 0.3) is 0 Å². The second kappa shape index (κ2) is 6.26. The molecule has 5 nitrogen and oxygen atoms in total. The summed E-state index contributed by atoms with van der Waals surface area (Å²) < 4.78 is 26.4. The lowest BCUT2D eigenvalue weighted by Crippen LogP contribution is -2.21. The number of hydrogen-bond acceptors (Lipinski definition) is 3. The Kier molecular flexibility index (Phi) is 5.16. The van der Waals surface area contributed by atoms with E-state index in [0.29, 0.717) is 18.5 Å². The van der Waals surface area contributed by atoms with Crippen LogP contribution in [0.5, 0.6) is 0 Å². The van der Waals surface area contributed by atoms with Crippen molar-refractivity contribution in [3.63, 3.8) is 0 Å². The van der Waals surface area contributed by atoms with Gasteiger partial charge in [0.05, 0.1) is 11.6 Å². The van der Waals surface area contributed by atoms with Gasteiger partial charge in [0.1, 0.15) is 0 Å². The maximum atomic E-state index is 11.9. The van der Waals surface area contributed by atoms with Crippen LogP contribution in [0, 0.1) is 10.8 Å². The fourth-order valence-electron chi connectivity index (χ4n) is 1.58. The molecule has 0 aliphatic heterocycles. The largest absolute Gasteiger partial charge is 0.387 e.